The summed E-state index contributed by atoms with van der Waals surface area (Å²) in [5.74, 6) is -0.106. The van der Waals surface area contributed by atoms with Gasteiger partial charge in [0.25, 0.3) is 5.91 Å². The second-order valence-corrected chi connectivity index (χ2v) is 9.50. The van der Waals surface area contributed by atoms with Crippen molar-refractivity contribution < 1.29 is 4.79 Å². The fourth-order valence-corrected chi connectivity index (χ4v) is 5.69. The lowest BCUT2D eigenvalue weighted by Crippen LogP contribution is -2.29. The third-order valence-electron chi connectivity index (χ3n) is 4.29. The summed E-state index contributed by atoms with van der Waals surface area (Å²) in [5.41, 5.74) is 1.04. The van der Waals surface area contributed by atoms with E-state index in [2.05, 4.69) is 20.2 Å². The van der Waals surface area contributed by atoms with E-state index in [1.165, 1.54) is 41.9 Å². The molecule has 0 saturated carbocycles. The molecule has 6 nitrogen and oxygen atoms in total. The number of piperidine rings is 1. The van der Waals surface area contributed by atoms with Gasteiger partial charge in [-0.1, -0.05) is 17.8 Å². The van der Waals surface area contributed by atoms with Crippen molar-refractivity contribution in [1.29, 1.82) is 0 Å². The number of fused-ring (bicyclic) bond motifs is 1. The average Bonchev–Trinajstić information content (AvgIpc) is 3.30. The molecule has 9 heteroatoms. The van der Waals surface area contributed by atoms with E-state index in [1.54, 1.807) is 11.3 Å². The predicted molar refractivity (Wildman–Crippen MR) is 111 cm³/mol. The number of amides is 1. The van der Waals surface area contributed by atoms with Gasteiger partial charge in [0.05, 0.1) is 15.3 Å². The molecule has 4 heterocycles. The summed E-state index contributed by atoms with van der Waals surface area (Å²) in [5, 5.41) is 6.60. The summed E-state index contributed by atoms with van der Waals surface area (Å²) in [6.07, 6.45) is 3.87. The highest BCUT2D eigenvalue weighted by Crippen LogP contribution is 2.34. The van der Waals surface area contributed by atoms with Crippen LogP contribution in [0.3, 0.4) is 0 Å². The van der Waals surface area contributed by atoms with Crippen molar-refractivity contribution in [3.8, 4) is 0 Å². The van der Waals surface area contributed by atoms with Gasteiger partial charge in [0.2, 0.25) is 0 Å². The summed E-state index contributed by atoms with van der Waals surface area (Å²) in [4.78, 5) is 27.7. The summed E-state index contributed by atoms with van der Waals surface area (Å²) in [6, 6.07) is 1.92. The molecule has 1 N–H and O–H groups in total. The zero-order valence-corrected chi connectivity index (χ0v) is 17.3. The van der Waals surface area contributed by atoms with Crippen molar-refractivity contribution in [2.75, 3.05) is 37.4 Å². The van der Waals surface area contributed by atoms with E-state index >= 15 is 0 Å². The van der Waals surface area contributed by atoms with E-state index in [0.29, 0.717) is 10.0 Å². The van der Waals surface area contributed by atoms with E-state index in [1.807, 2.05) is 30.4 Å². The molecule has 1 saturated heterocycles. The molecular weight excluding hydrogens is 386 g/mol. The lowest BCUT2D eigenvalue weighted by atomic mass is 10.1. The molecule has 3 aromatic heterocycles. The molecule has 1 fully saturated rings. The molecule has 1 aliphatic heterocycles. The third-order valence-corrected chi connectivity index (χ3v) is 7.42. The second kappa shape index (κ2) is 7.59. The van der Waals surface area contributed by atoms with Crippen LogP contribution in [-0.4, -0.2) is 48.0 Å². The molecule has 1 aliphatic rings. The number of carbonyl (C=O) groups is 1. The largest absolute Gasteiger partial charge is 0.354 e. The van der Waals surface area contributed by atoms with Gasteiger partial charge in [0.15, 0.2) is 10.3 Å². The van der Waals surface area contributed by atoms with Crippen LogP contribution in [0.5, 0.6) is 0 Å². The normalized spacial score (nSPS) is 15.5. The van der Waals surface area contributed by atoms with Crippen LogP contribution >= 0.6 is 34.0 Å². The number of rotatable bonds is 5. The molecule has 138 valence electrons. The molecule has 26 heavy (non-hydrogen) atoms. The summed E-state index contributed by atoms with van der Waals surface area (Å²) in [6.45, 7) is 3.17. The zero-order valence-electron chi connectivity index (χ0n) is 14.8. The Hall–Kier alpha value is -1.55. The van der Waals surface area contributed by atoms with Crippen LogP contribution in [0.15, 0.2) is 11.4 Å². The van der Waals surface area contributed by atoms with E-state index in [0.717, 1.165) is 40.0 Å². The first-order chi connectivity index (χ1) is 12.6. The van der Waals surface area contributed by atoms with Crippen molar-refractivity contribution in [1.82, 2.24) is 14.9 Å². The highest BCUT2D eigenvalue weighted by Gasteiger charge is 2.17. The molecule has 0 radical (unpaired) electrons. The minimum Gasteiger partial charge on any atom is -0.354 e. The van der Waals surface area contributed by atoms with E-state index < -0.39 is 0 Å². The molecule has 0 atom stereocenters. The first-order valence-corrected chi connectivity index (χ1v) is 11.2. The quantitative estimate of drug-likeness (QED) is 0.689. The standard InChI is InChI=1S/C17H21N5OS3/c1-21(2)17-20-15-13(26-17)8-12(25-15)14(23)19-16-18-11(10-24-16)9-22-6-4-3-5-7-22/h8,10H,3-7,9H2,1-2H3,(H,18,19,23). The van der Waals surface area contributed by atoms with Crippen LogP contribution in [0.25, 0.3) is 9.53 Å². The number of hydrogen-bond acceptors (Lipinski definition) is 8. The minimum absolute atomic E-state index is 0.106. The Morgan fingerprint density at radius 2 is 2.04 bits per heavy atom. The third kappa shape index (κ3) is 3.90. The van der Waals surface area contributed by atoms with Gasteiger partial charge in [-0.25, -0.2) is 9.97 Å². The van der Waals surface area contributed by atoms with E-state index in [4.69, 9.17) is 0 Å². The van der Waals surface area contributed by atoms with Gasteiger partial charge in [-0.2, -0.15) is 0 Å². The Labute approximate surface area is 164 Å². The molecule has 0 bridgehead atoms. The maximum absolute atomic E-state index is 12.5. The highest BCUT2D eigenvalue weighted by molar-refractivity contribution is 7.29. The van der Waals surface area contributed by atoms with Crippen LogP contribution in [0.2, 0.25) is 0 Å². The fourth-order valence-electron chi connectivity index (χ4n) is 2.97. The monoisotopic (exact) mass is 407 g/mol. The number of hydrogen-bond donors (Lipinski definition) is 1. The Balaban J connectivity index is 1.40. The Morgan fingerprint density at radius 1 is 1.23 bits per heavy atom. The fraction of sp³-hybridized carbons (Fsp3) is 0.471. The van der Waals surface area contributed by atoms with Crippen LogP contribution in [0.4, 0.5) is 10.3 Å². The van der Waals surface area contributed by atoms with Crippen molar-refractivity contribution in [2.45, 2.75) is 25.8 Å². The van der Waals surface area contributed by atoms with Gasteiger partial charge in [0.1, 0.15) is 4.83 Å². The highest BCUT2D eigenvalue weighted by atomic mass is 32.1. The number of thiophene rings is 1. The Bertz CT molecular complexity index is 875. The molecule has 0 spiro atoms. The lowest BCUT2D eigenvalue weighted by Gasteiger charge is -2.25. The SMILES string of the molecule is CN(C)c1nc2sc(C(=O)Nc3nc(CN4CCCCC4)cs3)cc2s1. The number of anilines is 2. The molecule has 4 rings (SSSR count). The molecule has 3 aromatic rings. The molecule has 0 aliphatic carbocycles. The molecular formula is C17H21N5OS3. The maximum atomic E-state index is 12.5. The smallest absolute Gasteiger partial charge is 0.267 e. The number of aromatic nitrogens is 2. The first-order valence-electron chi connectivity index (χ1n) is 8.64. The van der Waals surface area contributed by atoms with Gasteiger partial charge < -0.3 is 4.90 Å². The zero-order chi connectivity index (χ0) is 18.1. The predicted octanol–water partition coefficient (Wildman–Crippen LogP) is 4.12. The second-order valence-electron chi connectivity index (χ2n) is 6.61. The van der Waals surface area contributed by atoms with Crippen LogP contribution in [0.1, 0.15) is 34.6 Å². The van der Waals surface area contributed by atoms with Gasteiger partial charge in [-0.15, -0.1) is 22.7 Å². The lowest BCUT2D eigenvalue weighted by molar-refractivity contribution is 0.103. The first kappa shape index (κ1) is 17.8. The molecule has 1 amide bonds. The van der Waals surface area contributed by atoms with Crippen LogP contribution in [-0.2, 0) is 6.54 Å². The number of nitrogens with one attached hydrogen (secondary N) is 1. The van der Waals surface area contributed by atoms with E-state index in [9.17, 15) is 4.79 Å². The topological polar surface area (TPSA) is 61.4 Å². The van der Waals surface area contributed by atoms with Crippen LogP contribution < -0.4 is 10.2 Å². The number of thiazole rings is 2. The van der Waals surface area contributed by atoms with Gasteiger partial charge in [0, 0.05) is 26.0 Å². The van der Waals surface area contributed by atoms with E-state index in [-0.39, 0.29) is 5.91 Å². The minimum atomic E-state index is -0.106. The van der Waals surface area contributed by atoms with Crippen molar-refractivity contribution in [3.05, 3.63) is 22.0 Å². The number of likely N-dealkylation sites (tertiary alicyclic amines) is 1. The van der Waals surface area contributed by atoms with Crippen molar-refractivity contribution in [2.24, 2.45) is 0 Å². The average molecular weight is 408 g/mol. The Morgan fingerprint density at radius 3 is 2.77 bits per heavy atom. The Kier molecular flexibility index (Phi) is 5.21. The number of nitrogens with zero attached hydrogens (tertiary/aromatic N) is 4. The molecule has 0 aromatic carbocycles. The summed E-state index contributed by atoms with van der Waals surface area (Å²) < 4.78 is 1.05. The van der Waals surface area contributed by atoms with Gasteiger partial charge in [-0.05, 0) is 32.0 Å². The number of carbonyl (C=O) groups excluding carboxylic acids is 1. The summed E-state index contributed by atoms with van der Waals surface area (Å²) in [7, 11) is 3.94. The van der Waals surface area contributed by atoms with Gasteiger partial charge >= 0.3 is 0 Å². The molecule has 0 unspecified atom stereocenters. The van der Waals surface area contributed by atoms with Gasteiger partial charge in [-0.3, -0.25) is 15.0 Å². The van der Waals surface area contributed by atoms with Crippen molar-refractivity contribution >= 4 is 59.7 Å². The summed E-state index contributed by atoms with van der Waals surface area (Å²) >= 11 is 4.52. The van der Waals surface area contributed by atoms with Crippen molar-refractivity contribution in [3.63, 3.8) is 0 Å². The maximum Gasteiger partial charge on any atom is 0.267 e. The van der Waals surface area contributed by atoms with Crippen LogP contribution in [0, 0.1) is 0 Å².